The first kappa shape index (κ1) is 8.07. The van der Waals surface area contributed by atoms with Crippen LogP contribution in [0.2, 0.25) is 0 Å². The third-order valence-electron chi connectivity index (χ3n) is 1.24. The molecule has 1 heterocycles. The summed E-state index contributed by atoms with van der Waals surface area (Å²) >= 11 is 5.56. The van der Waals surface area contributed by atoms with Crippen LogP contribution in [-0.4, -0.2) is 9.55 Å². The number of aromatic amines is 1. The van der Waals surface area contributed by atoms with E-state index in [0.717, 1.165) is 4.57 Å². The second-order valence-electron chi connectivity index (χ2n) is 2.07. The maximum atomic E-state index is 10.9. The Balaban J connectivity index is 3.45. The van der Waals surface area contributed by atoms with Gasteiger partial charge in [0.2, 0.25) is 0 Å². The second kappa shape index (κ2) is 2.92. The van der Waals surface area contributed by atoms with Crippen LogP contribution in [0, 0.1) is 0 Å². The molecular formula is C6H7ClN2O2. The van der Waals surface area contributed by atoms with Crippen molar-refractivity contribution in [2.75, 3.05) is 0 Å². The van der Waals surface area contributed by atoms with Crippen LogP contribution in [0.3, 0.4) is 0 Å². The Morgan fingerprint density at radius 2 is 2.27 bits per heavy atom. The average Bonchev–Trinajstić information content (AvgIpc) is 1.85. The molecule has 0 aliphatic rings. The number of aromatic nitrogens is 2. The SMILES string of the molecule is CC(Cl)n1c(=O)cc[nH]c1=O. The van der Waals surface area contributed by atoms with E-state index < -0.39 is 16.8 Å². The van der Waals surface area contributed by atoms with Crippen molar-refractivity contribution in [3.63, 3.8) is 0 Å². The maximum Gasteiger partial charge on any atom is 0.329 e. The van der Waals surface area contributed by atoms with Gasteiger partial charge in [0, 0.05) is 12.3 Å². The molecule has 0 aliphatic carbocycles. The fraction of sp³-hybridized carbons (Fsp3) is 0.333. The molecule has 1 atom stereocenters. The molecule has 1 N–H and O–H groups in total. The molecule has 0 fully saturated rings. The van der Waals surface area contributed by atoms with Crippen LogP contribution >= 0.6 is 11.6 Å². The molecule has 5 heteroatoms. The minimum Gasteiger partial charge on any atom is -0.314 e. The number of rotatable bonds is 1. The third kappa shape index (κ3) is 1.51. The summed E-state index contributed by atoms with van der Waals surface area (Å²) in [6.07, 6.45) is 1.29. The minimum absolute atomic E-state index is 0.392. The Morgan fingerprint density at radius 3 is 2.64 bits per heavy atom. The lowest BCUT2D eigenvalue weighted by Gasteiger charge is -2.03. The molecule has 4 nitrogen and oxygen atoms in total. The van der Waals surface area contributed by atoms with Gasteiger partial charge in [-0.1, -0.05) is 11.6 Å². The molecule has 0 bridgehead atoms. The largest absolute Gasteiger partial charge is 0.329 e. The highest BCUT2D eigenvalue weighted by Crippen LogP contribution is 2.01. The molecule has 1 aromatic rings. The van der Waals surface area contributed by atoms with Gasteiger partial charge in [0.05, 0.1) is 0 Å². The second-order valence-corrected chi connectivity index (χ2v) is 2.70. The smallest absolute Gasteiger partial charge is 0.314 e. The van der Waals surface area contributed by atoms with Gasteiger partial charge in [-0.2, -0.15) is 0 Å². The molecule has 1 unspecified atom stereocenters. The molecule has 60 valence electrons. The number of alkyl halides is 1. The Labute approximate surface area is 67.4 Å². The van der Waals surface area contributed by atoms with E-state index in [2.05, 4.69) is 4.98 Å². The molecule has 0 saturated heterocycles. The molecule has 0 spiro atoms. The van der Waals surface area contributed by atoms with E-state index in [-0.39, 0.29) is 0 Å². The number of halogens is 1. The van der Waals surface area contributed by atoms with Crippen molar-refractivity contribution in [1.82, 2.24) is 9.55 Å². The molecule has 1 rings (SSSR count). The number of H-pyrrole nitrogens is 1. The summed E-state index contributed by atoms with van der Waals surface area (Å²) in [5.41, 5.74) is -1.50. The van der Waals surface area contributed by atoms with E-state index in [4.69, 9.17) is 11.6 Å². The Bertz CT molecular complexity index is 324. The summed E-state index contributed by atoms with van der Waals surface area (Å²) in [6.45, 7) is 1.55. The maximum absolute atomic E-state index is 10.9. The van der Waals surface area contributed by atoms with Crippen LogP contribution in [0.5, 0.6) is 0 Å². The lowest BCUT2D eigenvalue weighted by atomic mass is 10.6. The summed E-state index contributed by atoms with van der Waals surface area (Å²) in [4.78, 5) is 24.2. The van der Waals surface area contributed by atoms with Crippen molar-refractivity contribution in [3.05, 3.63) is 33.1 Å². The molecule has 11 heavy (non-hydrogen) atoms. The van der Waals surface area contributed by atoms with Crippen LogP contribution < -0.4 is 11.2 Å². The van der Waals surface area contributed by atoms with Gasteiger partial charge in [-0.25, -0.2) is 9.36 Å². The molecular weight excluding hydrogens is 168 g/mol. The van der Waals surface area contributed by atoms with Gasteiger partial charge in [0.1, 0.15) is 5.50 Å². The lowest BCUT2D eigenvalue weighted by molar-refractivity contribution is 0.646. The van der Waals surface area contributed by atoms with Crippen LogP contribution in [0.15, 0.2) is 21.9 Å². The van der Waals surface area contributed by atoms with Crippen molar-refractivity contribution in [2.45, 2.75) is 12.4 Å². The quantitative estimate of drug-likeness (QED) is 0.623. The zero-order valence-electron chi connectivity index (χ0n) is 5.87. The summed E-state index contributed by atoms with van der Waals surface area (Å²) in [5.74, 6) is 0. The van der Waals surface area contributed by atoms with Crippen LogP contribution in [0.25, 0.3) is 0 Å². The summed E-state index contributed by atoms with van der Waals surface area (Å²) in [6, 6.07) is 1.25. The zero-order valence-corrected chi connectivity index (χ0v) is 6.63. The molecule has 1 aromatic heterocycles. The molecule has 0 aromatic carbocycles. The van der Waals surface area contributed by atoms with Crippen molar-refractivity contribution in [1.29, 1.82) is 0 Å². The number of hydrogen-bond acceptors (Lipinski definition) is 2. The zero-order chi connectivity index (χ0) is 8.43. The fourth-order valence-corrected chi connectivity index (χ4v) is 0.956. The van der Waals surface area contributed by atoms with Crippen molar-refractivity contribution in [3.8, 4) is 0 Å². The van der Waals surface area contributed by atoms with E-state index in [9.17, 15) is 9.59 Å². The fourth-order valence-electron chi connectivity index (χ4n) is 0.771. The van der Waals surface area contributed by atoms with E-state index in [1.807, 2.05) is 0 Å². The summed E-state index contributed by atoms with van der Waals surface area (Å²) in [7, 11) is 0. The van der Waals surface area contributed by atoms with Crippen LogP contribution in [0.4, 0.5) is 0 Å². The molecule has 0 amide bonds. The van der Waals surface area contributed by atoms with Gasteiger partial charge in [0.25, 0.3) is 5.56 Å². The summed E-state index contributed by atoms with van der Waals surface area (Å²) in [5, 5.41) is 0. The van der Waals surface area contributed by atoms with Gasteiger partial charge in [-0.05, 0) is 6.92 Å². The predicted molar refractivity (Wildman–Crippen MR) is 41.9 cm³/mol. The Morgan fingerprint density at radius 1 is 1.64 bits per heavy atom. The number of nitrogens with one attached hydrogen (secondary N) is 1. The van der Waals surface area contributed by atoms with Crippen LogP contribution in [0.1, 0.15) is 12.4 Å². The number of hydrogen-bond donors (Lipinski definition) is 1. The first-order valence-electron chi connectivity index (χ1n) is 3.07. The predicted octanol–water partition coefficient (Wildman–Crippen LogP) is 0.294. The number of nitrogens with zero attached hydrogens (tertiary/aromatic N) is 1. The monoisotopic (exact) mass is 174 g/mol. The van der Waals surface area contributed by atoms with Gasteiger partial charge in [-0.3, -0.25) is 4.79 Å². The first-order chi connectivity index (χ1) is 5.13. The minimum atomic E-state index is -0.618. The van der Waals surface area contributed by atoms with E-state index in [1.54, 1.807) is 6.92 Å². The van der Waals surface area contributed by atoms with E-state index in [0.29, 0.717) is 0 Å². The lowest BCUT2D eigenvalue weighted by Crippen LogP contribution is -2.34. The average molecular weight is 175 g/mol. The van der Waals surface area contributed by atoms with Crippen LogP contribution in [-0.2, 0) is 0 Å². The molecule has 0 aliphatic heterocycles. The highest BCUT2D eigenvalue weighted by Gasteiger charge is 2.04. The Kier molecular flexibility index (Phi) is 2.14. The Hall–Kier alpha value is -1.03. The highest BCUT2D eigenvalue weighted by atomic mass is 35.5. The van der Waals surface area contributed by atoms with Gasteiger partial charge >= 0.3 is 5.69 Å². The highest BCUT2D eigenvalue weighted by molar-refractivity contribution is 6.18. The normalized spacial score (nSPS) is 12.9. The van der Waals surface area contributed by atoms with Crippen molar-refractivity contribution >= 4 is 11.6 Å². The van der Waals surface area contributed by atoms with Gasteiger partial charge in [-0.15, -0.1) is 0 Å². The first-order valence-corrected chi connectivity index (χ1v) is 3.51. The summed E-state index contributed by atoms with van der Waals surface area (Å²) < 4.78 is 0.932. The van der Waals surface area contributed by atoms with Gasteiger partial charge < -0.3 is 4.98 Å². The van der Waals surface area contributed by atoms with Crippen molar-refractivity contribution < 1.29 is 0 Å². The topological polar surface area (TPSA) is 54.9 Å². The standard InChI is InChI=1S/C6H7ClN2O2/c1-4(7)9-5(10)2-3-8-6(9)11/h2-4H,1H3,(H,8,11). The molecule has 0 saturated carbocycles. The third-order valence-corrected chi connectivity index (χ3v) is 1.44. The van der Waals surface area contributed by atoms with Gasteiger partial charge in [0.15, 0.2) is 0 Å². The van der Waals surface area contributed by atoms with E-state index >= 15 is 0 Å². The van der Waals surface area contributed by atoms with Crippen molar-refractivity contribution in [2.24, 2.45) is 0 Å². The van der Waals surface area contributed by atoms with E-state index in [1.165, 1.54) is 12.3 Å². The molecule has 0 radical (unpaired) electrons.